The van der Waals surface area contributed by atoms with Gasteiger partial charge < -0.3 is 15.0 Å². The molecule has 0 bridgehead atoms. The number of rotatable bonds is 9. The average Bonchev–Trinajstić information content (AvgIpc) is 3.27. The maximum Gasteiger partial charge on any atom is 0.338 e. The number of hydrogen-bond donors (Lipinski definition) is 1. The number of nitro groups is 1. The zero-order valence-electron chi connectivity index (χ0n) is 19.4. The number of esters is 1. The van der Waals surface area contributed by atoms with Crippen LogP contribution in [0.4, 0.5) is 5.69 Å². The predicted octanol–water partition coefficient (Wildman–Crippen LogP) is 4.00. The fourth-order valence-corrected chi connectivity index (χ4v) is 4.85. The number of nitrogens with zero attached hydrogens (tertiary/aromatic N) is 4. The molecule has 3 heterocycles. The topological polar surface area (TPSA) is 127 Å². The molecule has 0 fully saturated rings. The summed E-state index contributed by atoms with van der Waals surface area (Å²) in [6.45, 7) is 5.54. The third kappa shape index (κ3) is 5.36. The lowest BCUT2D eigenvalue weighted by molar-refractivity contribution is -0.384. The van der Waals surface area contributed by atoms with Crippen LogP contribution in [0.1, 0.15) is 30.6 Å². The summed E-state index contributed by atoms with van der Waals surface area (Å²) in [5.41, 5.74) is 2.40. The summed E-state index contributed by atoms with van der Waals surface area (Å²) in [7, 11) is 0. The number of thioether (sulfide) groups is 1. The van der Waals surface area contributed by atoms with E-state index in [1.807, 2.05) is 12.1 Å². The van der Waals surface area contributed by atoms with E-state index in [1.165, 1.54) is 30.0 Å². The smallest absolute Gasteiger partial charge is 0.338 e. The Morgan fingerprint density at radius 3 is 2.86 bits per heavy atom. The molecule has 1 aromatic carbocycles. The Hall–Kier alpha value is -4.25. The lowest BCUT2D eigenvalue weighted by Crippen LogP contribution is -2.38. The van der Waals surface area contributed by atoms with Crippen molar-refractivity contribution in [1.29, 1.82) is 0 Å². The Balaban J connectivity index is 1.65. The molecule has 0 saturated heterocycles. The highest BCUT2D eigenvalue weighted by Gasteiger charge is 2.41. The van der Waals surface area contributed by atoms with E-state index in [1.54, 1.807) is 41.6 Å². The maximum absolute atomic E-state index is 13.1. The number of carbonyl (C=O) groups excluding carboxylic acids is 2. The first-order valence-electron chi connectivity index (χ1n) is 11.0. The number of fused-ring (bicyclic) bond motifs is 1. The van der Waals surface area contributed by atoms with Crippen molar-refractivity contribution in [3.05, 3.63) is 105 Å². The van der Waals surface area contributed by atoms with Gasteiger partial charge >= 0.3 is 5.97 Å². The summed E-state index contributed by atoms with van der Waals surface area (Å²) in [5.74, 6) is -0.851. The Bertz CT molecular complexity index is 1300. The summed E-state index contributed by atoms with van der Waals surface area (Å²) < 4.78 is 5.33. The number of hydrogen-bond acceptors (Lipinski definition) is 9. The molecule has 1 amide bonds. The molecule has 11 heteroatoms. The van der Waals surface area contributed by atoms with Gasteiger partial charge in [0.15, 0.2) is 5.17 Å². The number of amidine groups is 1. The third-order valence-electron chi connectivity index (χ3n) is 5.48. The number of ether oxygens (including phenoxy) is 1. The quantitative estimate of drug-likeness (QED) is 0.234. The highest BCUT2D eigenvalue weighted by Crippen LogP contribution is 2.45. The molecular weight excluding hydrogens is 482 g/mol. The van der Waals surface area contributed by atoms with Crippen LogP contribution in [0.25, 0.3) is 0 Å². The molecule has 0 unspecified atom stereocenters. The minimum absolute atomic E-state index is 0.00121. The number of carbonyl (C=O) groups is 2. The van der Waals surface area contributed by atoms with Gasteiger partial charge in [0.2, 0.25) is 5.91 Å². The van der Waals surface area contributed by atoms with Gasteiger partial charge in [-0.1, -0.05) is 42.6 Å². The van der Waals surface area contributed by atoms with Crippen molar-refractivity contribution in [2.24, 2.45) is 4.99 Å². The van der Waals surface area contributed by atoms with Crippen molar-refractivity contribution in [2.75, 3.05) is 6.61 Å². The minimum Gasteiger partial charge on any atom is -0.458 e. The molecule has 1 N–H and O–H groups in total. The molecule has 0 aliphatic carbocycles. The van der Waals surface area contributed by atoms with E-state index < -0.39 is 16.9 Å². The number of aliphatic imine (C=N–C) groups is 1. The van der Waals surface area contributed by atoms with E-state index in [4.69, 9.17) is 4.74 Å². The Kier molecular flexibility index (Phi) is 7.59. The fourth-order valence-electron chi connectivity index (χ4n) is 3.89. The summed E-state index contributed by atoms with van der Waals surface area (Å²) in [4.78, 5) is 47.4. The normalized spacial score (nSPS) is 16.6. The van der Waals surface area contributed by atoms with Crippen LogP contribution in [-0.2, 0) is 20.9 Å². The van der Waals surface area contributed by atoms with Gasteiger partial charge in [-0.05, 0) is 30.0 Å². The second kappa shape index (κ2) is 11.0. The van der Waals surface area contributed by atoms with E-state index in [0.717, 1.165) is 5.69 Å². The monoisotopic (exact) mass is 505 g/mol. The number of benzene rings is 1. The van der Waals surface area contributed by atoms with Gasteiger partial charge in [-0.3, -0.25) is 19.9 Å². The molecule has 0 radical (unpaired) electrons. The standard InChI is InChI=1S/C25H23N5O5S/c1-3-11-35-24(32)22-16(2)28-25-29(23(22)17-7-6-9-19(12-17)30(33)34)20(15-36-25)13-21(31)27-14-18-8-4-5-10-26-18/h3-10,12,15,23H,1,11,13-14H2,2H3,(H,27,31)/t23-/m0/s1. The minimum atomic E-state index is -0.764. The van der Waals surface area contributed by atoms with Crippen LogP contribution in [0.3, 0.4) is 0 Å². The van der Waals surface area contributed by atoms with Crippen molar-refractivity contribution in [3.8, 4) is 0 Å². The Morgan fingerprint density at radius 1 is 1.31 bits per heavy atom. The van der Waals surface area contributed by atoms with Crippen LogP contribution in [0.2, 0.25) is 0 Å². The maximum atomic E-state index is 13.1. The van der Waals surface area contributed by atoms with Gasteiger partial charge in [0.25, 0.3) is 5.69 Å². The molecule has 0 spiro atoms. The number of allylic oxidation sites excluding steroid dienone is 1. The molecule has 2 aromatic rings. The number of nitrogens with one attached hydrogen (secondary N) is 1. The lowest BCUT2D eigenvalue weighted by Gasteiger charge is -2.36. The number of amides is 1. The summed E-state index contributed by atoms with van der Waals surface area (Å²) >= 11 is 1.32. The summed E-state index contributed by atoms with van der Waals surface area (Å²) in [6.07, 6.45) is 3.12. The fraction of sp³-hybridized carbons (Fsp3) is 0.200. The van der Waals surface area contributed by atoms with E-state index >= 15 is 0 Å². The number of nitro benzene ring substituents is 1. The van der Waals surface area contributed by atoms with Crippen molar-refractivity contribution in [3.63, 3.8) is 0 Å². The molecule has 1 atom stereocenters. The molecule has 0 saturated carbocycles. The van der Waals surface area contributed by atoms with Gasteiger partial charge in [-0.25, -0.2) is 9.79 Å². The van der Waals surface area contributed by atoms with Crippen molar-refractivity contribution >= 4 is 34.5 Å². The van der Waals surface area contributed by atoms with Gasteiger partial charge in [0, 0.05) is 24.0 Å². The molecule has 184 valence electrons. The first-order valence-corrected chi connectivity index (χ1v) is 11.9. The molecule has 36 heavy (non-hydrogen) atoms. The van der Waals surface area contributed by atoms with Crippen LogP contribution in [0.5, 0.6) is 0 Å². The lowest BCUT2D eigenvalue weighted by atomic mass is 9.93. The Labute approximate surface area is 211 Å². The van der Waals surface area contributed by atoms with Gasteiger partial charge in [-0.2, -0.15) is 0 Å². The SMILES string of the molecule is C=CCOC(=O)C1=C(C)N=C2SC=C(CC(=O)NCc3ccccn3)N2[C@H]1c1cccc([N+](=O)[O-])c1. The number of aromatic nitrogens is 1. The molecule has 10 nitrogen and oxygen atoms in total. The van der Waals surface area contributed by atoms with E-state index in [0.29, 0.717) is 22.1 Å². The average molecular weight is 506 g/mol. The highest BCUT2D eigenvalue weighted by molar-refractivity contribution is 8.16. The van der Waals surface area contributed by atoms with Crippen LogP contribution >= 0.6 is 11.8 Å². The van der Waals surface area contributed by atoms with Crippen molar-refractivity contribution < 1.29 is 19.2 Å². The van der Waals surface area contributed by atoms with Gasteiger partial charge in [0.1, 0.15) is 6.61 Å². The molecule has 2 aliphatic rings. The van der Waals surface area contributed by atoms with Crippen LogP contribution in [-0.4, -0.2) is 38.5 Å². The second-order valence-electron chi connectivity index (χ2n) is 7.91. The zero-order valence-corrected chi connectivity index (χ0v) is 20.2. The van der Waals surface area contributed by atoms with E-state index in [-0.39, 0.29) is 36.7 Å². The molecule has 4 rings (SSSR count). The molecular formula is C25H23N5O5S. The predicted molar refractivity (Wildman–Crippen MR) is 135 cm³/mol. The Morgan fingerprint density at radius 2 is 2.14 bits per heavy atom. The van der Waals surface area contributed by atoms with Gasteiger partial charge in [0.05, 0.1) is 40.9 Å². The summed E-state index contributed by atoms with van der Waals surface area (Å²) in [6, 6.07) is 10.8. The number of non-ortho nitro benzene ring substituents is 1. The van der Waals surface area contributed by atoms with Crippen molar-refractivity contribution in [2.45, 2.75) is 25.9 Å². The number of pyridine rings is 1. The second-order valence-corrected chi connectivity index (χ2v) is 8.74. The molecule has 2 aliphatic heterocycles. The van der Waals surface area contributed by atoms with Crippen LogP contribution in [0.15, 0.2) is 88.7 Å². The summed E-state index contributed by atoms with van der Waals surface area (Å²) in [5, 5.41) is 16.7. The van der Waals surface area contributed by atoms with Crippen molar-refractivity contribution in [1.82, 2.24) is 15.2 Å². The van der Waals surface area contributed by atoms with E-state index in [9.17, 15) is 19.7 Å². The highest BCUT2D eigenvalue weighted by atomic mass is 32.2. The van der Waals surface area contributed by atoms with Crippen LogP contribution < -0.4 is 5.32 Å². The third-order valence-corrected chi connectivity index (χ3v) is 6.37. The molecule has 1 aromatic heterocycles. The van der Waals surface area contributed by atoms with Crippen LogP contribution in [0, 0.1) is 10.1 Å². The first kappa shape index (κ1) is 24.9. The zero-order chi connectivity index (χ0) is 25.7. The van der Waals surface area contributed by atoms with E-state index in [2.05, 4.69) is 21.9 Å². The largest absolute Gasteiger partial charge is 0.458 e. The van der Waals surface area contributed by atoms with Gasteiger partial charge in [-0.15, -0.1) is 0 Å². The first-order chi connectivity index (χ1) is 17.4.